The number of carbonyl (C=O) groups excluding carboxylic acids is 2. The second kappa shape index (κ2) is 3.99. The van der Waals surface area contributed by atoms with Crippen molar-refractivity contribution in [1.29, 1.82) is 0 Å². The van der Waals surface area contributed by atoms with Crippen LogP contribution < -0.4 is 0 Å². The molecule has 0 aromatic heterocycles. The zero-order valence-corrected chi connectivity index (χ0v) is 7.83. The minimum absolute atomic E-state index is 0.224. The molecule has 68 valence electrons. The molecule has 0 heterocycles. The summed E-state index contributed by atoms with van der Waals surface area (Å²) in [7, 11) is 0. The van der Waals surface area contributed by atoms with Gasteiger partial charge in [0.25, 0.3) is 0 Å². The van der Waals surface area contributed by atoms with Gasteiger partial charge in [0.2, 0.25) is 5.78 Å². The molecule has 2 nitrogen and oxygen atoms in total. The molecule has 13 heavy (non-hydrogen) atoms. The lowest BCUT2D eigenvalue weighted by Crippen LogP contribution is -2.12. The molecule has 1 aromatic carbocycles. The van der Waals surface area contributed by atoms with Crippen molar-refractivity contribution in [3.05, 3.63) is 35.4 Å². The summed E-state index contributed by atoms with van der Waals surface area (Å²) in [6.07, 6.45) is 0.224. The Labute approximate surface area is 77.6 Å². The monoisotopic (exact) mass is 176 g/mol. The molecule has 0 aliphatic rings. The Balaban J connectivity index is 2.81. The van der Waals surface area contributed by atoms with Gasteiger partial charge in [-0.25, -0.2) is 0 Å². The fraction of sp³-hybridized carbons (Fsp3) is 0.273. The summed E-state index contributed by atoms with van der Waals surface area (Å²) in [4.78, 5) is 21.8. The summed E-state index contributed by atoms with van der Waals surface area (Å²) in [5.41, 5.74) is 1.99. The highest BCUT2D eigenvalue weighted by molar-refractivity contribution is 6.36. The Bertz CT molecular complexity index is 340. The standard InChI is InChI=1S/C11H12O2/c1-8-5-3-4-6-10(8)7-11(13)9(2)12/h3-6H,7H2,1-2H3. The van der Waals surface area contributed by atoms with Crippen molar-refractivity contribution >= 4 is 11.6 Å². The molecule has 1 aromatic rings. The first-order valence-corrected chi connectivity index (χ1v) is 4.19. The molecule has 0 N–H and O–H groups in total. The second-order valence-corrected chi connectivity index (χ2v) is 3.08. The van der Waals surface area contributed by atoms with E-state index >= 15 is 0 Å². The van der Waals surface area contributed by atoms with E-state index in [9.17, 15) is 9.59 Å². The Morgan fingerprint density at radius 2 is 1.85 bits per heavy atom. The first-order chi connectivity index (χ1) is 6.11. The largest absolute Gasteiger partial charge is 0.291 e. The van der Waals surface area contributed by atoms with Crippen molar-refractivity contribution in [3.63, 3.8) is 0 Å². The third kappa shape index (κ3) is 2.51. The number of ketones is 2. The van der Waals surface area contributed by atoms with Gasteiger partial charge in [0.1, 0.15) is 0 Å². The van der Waals surface area contributed by atoms with Gasteiger partial charge in [0, 0.05) is 13.3 Å². The van der Waals surface area contributed by atoms with Crippen LogP contribution >= 0.6 is 0 Å². The Morgan fingerprint density at radius 1 is 1.23 bits per heavy atom. The SMILES string of the molecule is CC(=O)C(=O)Cc1ccccc1C. The van der Waals surface area contributed by atoms with Crippen LogP contribution in [0.15, 0.2) is 24.3 Å². The molecule has 0 amide bonds. The molecule has 0 radical (unpaired) electrons. The molecule has 0 aliphatic carbocycles. The summed E-state index contributed by atoms with van der Waals surface area (Å²) in [6, 6.07) is 7.59. The molecular formula is C11H12O2. The van der Waals surface area contributed by atoms with Crippen LogP contribution in [-0.2, 0) is 16.0 Å². The molecule has 0 saturated carbocycles. The zero-order chi connectivity index (χ0) is 9.84. The van der Waals surface area contributed by atoms with Crippen LogP contribution in [0.5, 0.6) is 0 Å². The highest BCUT2D eigenvalue weighted by atomic mass is 16.2. The molecule has 0 fully saturated rings. The first-order valence-electron chi connectivity index (χ1n) is 4.19. The number of rotatable bonds is 3. The predicted octanol–water partition coefficient (Wildman–Crippen LogP) is 1.70. The highest BCUT2D eigenvalue weighted by Gasteiger charge is 2.09. The third-order valence-electron chi connectivity index (χ3n) is 2.00. The van der Waals surface area contributed by atoms with Crippen molar-refractivity contribution in [1.82, 2.24) is 0 Å². The molecule has 0 spiro atoms. The molecule has 1 rings (SSSR count). The van der Waals surface area contributed by atoms with Crippen LogP contribution in [0, 0.1) is 6.92 Å². The van der Waals surface area contributed by atoms with E-state index in [0.717, 1.165) is 11.1 Å². The highest BCUT2D eigenvalue weighted by Crippen LogP contribution is 2.07. The van der Waals surface area contributed by atoms with E-state index in [1.54, 1.807) is 0 Å². The van der Waals surface area contributed by atoms with Gasteiger partial charge in [-0.2, -0.15) is 0 Å². The molecule has 0 saturated heterocycles. The van der Waals surface area contributed by atoms with Crippen LogP contribution in [0.1, 0.15) is 18.1 Å². The average molecular weight is 176 g/mol. The van der Waals surface area contributed by atoms with Gasteiger partial charge >= 0.3 is 0 Å². The molecule has 2 heteroatoms. The second-order valence-electron chi connectivity index (χ2n) is 3.08. The average Bonchev–Trinajstić information content (AvgIpc) is 2.08. The summed E-state index contributed by atoms with van der Waals surface area (Å²) in [6.45, 7) is 3.24. The Hall–Kier alpha value is -1.44. The van der Waals surface area contributed by atoms with E-state index in [2.05, 4.69) is 0 Å². The minimum Gasteiger partial charge on any atom is -0.291 e. The summed E-state index contributed by atoms with van der Waals surface area (Å²) in [5, 5.41) is 0. The zero-order valence-electron chi connectivity index (χ0n) is 7.83. The molecule has 0 aliphatic heterocycles. The van der Waals surface area contributed by atoms with Crippen LogP contribution in [0.4, 0.5) is 0 Å². The van der Waals surface area contributed by atoms with Gasteiger partial charge in [0.15, 0.2) is 5.78 Å². The van der Waals surface area contributed by atoms with Crippen molar-refractivity contribution in [2.75, 3.05) is 0 Å². The van der Waals surface area contributed by atoms with Gasteiger partial charge in [-0.05, 0) is 18.1 Å². The lowest BCUT2D eigenvalue weighted by atomic mass is 10.0. The van der Waals surface area contributed by atoms with E-state index in [0.29, 0.717) is 0 Å². The molecule has 0 bridgehead atoms. The normalized spacial score (nSPS) is 9.69. The first kappa shape index (κ1) is 9.65. The fourth-order valence-corrected chi connectivity index (χ4v) is 1.11. The number of hydrogen-bond donors (Lipinski definition) is 0. The van der Waals surface area contributed by atoms with E-state index in [4.69, 9.17) is 0 Å². The van der Waals surface area contributed by atoms with Crippen LogP contribution in [0.25, 0.3) is 0 Å². The van der Waals surface area contributed by atoms with Crippen LogP contribution in [0.3, 0.4) is 0 Å². The topological polar surface area (TPSA) is 34.1 Å². The Morgan fingerprint density at radius 3 is 2.38 bits per heavy atom. The molecule has 0 atom stereocenters. The minimum atomic E-state index is -0.372. The van der Waals surface area contributed by atoms with E-state index < -0.39 is 0 Å². The van der Waals surface area contributed by atoms with Crippen molar-refractivity contribution in [2.24, 2.45) is 0 Å². The number of Topliss-reactive ketones (excluding diaryl/α,β-unsaturated/α-hetero) is 2. The van der Waals surface area contributed by atoms with Crippen molar-refractivity contribution in [2.45, 2.75) is 20.3 Å². The van der Waals surface area contributed by atoms with E-state index in [1.165, 1.54) is 6.92 Å². The van der Waals surface area contributed by atoms with Crippen LogP contribution in [-0.4, -0.2) is 11.6 Å². The maximum absolute atomic E-state index is 11.1. The van der Waals surface area contributed by atoms with E-state index in [-0.39, 0.29) is 18.0 Å². The van der Waals surface area contributed by atoms with Gasteiger partial charge in [-0.1, -0.05) is 24.3 Å². The number of benzene rings is 1. The third-order valence-corrected chi connectivity index (χ3v) is 2.00. The van der Waals surface area contributed by atoms with Gasteiger partial charge in [-0.3, -0.25) is 9.59 Å². The number of aryl methyl sites for hydroxylation is 1. The van der Waals surface area contributed by atoms with Gasteiger partial charge < -0.3 is 0 Å². The van der Waals surface area contributed by atoms with Crippen molar-refractivity contribution in [3.8, 4) is 0 Å². The van der Waals surface area contributed by atoms with Gasteiger partial charge in [0.05, 0.1) is 0 Å². The quantitative estimate of drug-likeness (QED) is 0.657. The van der Waals surface area contributed by atoms with E-state index in [1.807, 2.05) is 31.2 Å². The van der Waals surface area contributed by atoms with Gasteiger partial charge in [-0.15, -0.1) is 0 Å². The predicted molar refractivity (Wildman–Crippen MR) is 50.6 cm³/mol. The maximum atomic E-state index is 11.1. The lowest BCUT2D eigenvalue weighted by Gasteiger charge is -2.01. The summed E-state index contributed by atoms with van der Waals surface area (Å²) in [5.74, 6) is -0.697. The van der Waals surface area contributed by atoms with Crippen molar-refractivity contribution < 1.29 is 9.59 Å². The smallest absolute Gasteiger partial charge is 0.202 e. The summed E-state index contributed by atoms with van der Waals surface area (Å²) >= 11 is 0. The van der Waals surface area contributed by atoms with Crippen LogP contribution in [0.2, 0.25) is 0 Å². The number of hydrogen-bond acceptors (Lipinski definition) is 2. The number of carbonyl (C=O) groups is 2. The molecule has 0 unspecified atom stereocenters. The molecular weight excluding hydrogens is 164 g/mol. The summed E-state index contributed by atoms with van der Waals surface area (Å²) < 4.78 is 0. The maximum Gasteiger partial charge on any atom is 0.202 e. The fourth-order valence-electron chi connectivity index (χ4n) is 1.11. The lowest BCUT2D eigenvalue weighted by molar-refractivity contribution is -0.134. The Kier molecular flexibility index (Phi) is 2.96.